The Kier molecular flexibility index (Phi) is 5.28. The number of rotatable bonds is 4. The second kappa shape index (κ2) is 7.79. The van der Waals surface area contributed by atoms with Crippen LogP contribution in [-0.2, 0) is 0 Å². The van der Waals surface area contributed by atoms with E-state index in [0.717, 1.165) is 11.4 Å². The molecule has 0 aliphatic rings. The van der Waals surface area contributed by atoms with Gasteiger partial charge >= 0.3 is 0 Å². The normalized spacial score (nSPS) is 10.2. The van der Waals surface area contributed by atoms with E-state index >= 15 is 0 Å². The van der Waals surface area contributed by atoms with Crippen molar-refractivity contribution in [2.24, 2.45) is 0 Å². The Morgan fingerprint density at radius 1 is 1.12 bits per heavy atom. The van der Waals surface area contributed by atoms with Crippen molar-refractivity contribution < 1.29 is 0 Å². The Morgan fingerprint density at radius 3 is 2.46 bits per heavy atom. The molecule has 3 rings (SSSR count). The van der Waals surface area contributed by atoms with Gasteiger partial charge in [-0.15, -0.1) is 0 Å². The zero-order valence-electron chi connectivity index (χ0n) is 14.5. The minimum Gasteiger partial charge on any atom is -0.331 e. The molecule has 1 aromatic heterocycles. The molecule has 3 aromatic rings. The first-order valence-corrected chi connectivity index (χ1v) is 8.46. The molecule has 0 fully saturated rings. The molecule has 0 spiro atoms. The van der Waals surface area contributed by atoms with Crippen LogP contribution in [0.15, 0.2) is 71.7 Å². The zero-order valence-corrected chi connectivity index (χ0v) is 15.3. The standard InChI is InChI=1S/C19H19N5OS/c1-14-8-10-15(11-9-14)21-19(26)22-23(2)17-12-18(25)24(20-13-17)16-6-4-3-5-7-16/h3-13H,1-2H3,(H2,21,22,26). The highest BCUT2D eigenvalue weighted by molar-refractivity contribution is 7.80. The molecule has 6 nitrogen and oxygen atoms in total. The fraction of sp³-hybridized carbons (Fsp3) is 0.105. The monoisotopic (exact) mass is 365 g/mol. The van der Waals surface area contributed by atoms with Gasteiger partial charge in [-0.2, -0.15) is 9.78 Å². The summed E-state index contributed by atoms with van der Waals surface area (Å²) in [6.45, 7) is 2.03. The van der Waals surface area contributed by atoms with E-state index in [0.29, 0.717) is 10.8 Å². The van der Waals surface area contributed by atoms with Crippen molar-refractivity contribution >= 4 is 28.7 Å². The number of anilines is 2. The van der Waals surface area contributed by atoms with E-state index in [1.54, 1.807) is 18.3 Å². The molecular weight excluding hydrogens is 346 g/mol. The Labute approximate surface area is 157 Å². The maximum atomic E-state index is 12.4. The zero-order chi connectivity index (χ0) is 18.5. The van der Waals surface area contributed by atoms with Crippen LogP contribution >= 0.6 is 12.2 Å². The van der Waals surface area contributed by atoms with Crippen molar-refractivity contribution in [3.05, 3.63) is 82.8 Å². The molecule has 0 radical (unpaired) electrons. The van der Waals surface area contributed by atoms with E-state index in [9.17, 15) is 4.79 Å². The highest BCUT2D eigenvalue weighted by Gasteiger charge is 2.07. The van der Waals surface area contributed by atoms with E-state index in [1.165, 1.54) is 16.3 Å². The number of para-hydroxylation sites is 1. The van der Waals surface area contributed by atoms with Crippen LogP contribution in [0.25, 0.3) is 5.69 Å². The Bertz CT molecular complexity index is 954. The van der Waals surface area contributed by atoms with Crippen molar-refractivity contribution in [2.45, 2.75) is 6.92 Å². The van der Waals surface area contributed by atoms with Gasteiger partial charge in [0.05, 0.1) is 17.6 Å². The van der Waals surface area contributed by atoms with E-state index in [1.807, 2.05) is 61.5 Å². The summed E-state index contributed by atoms with van der Waals surface area (Å²) in [5.74, 6) is 0. The number of nitrogens with one attached hydrogen (secondary N) is 2. The molecule has 0 aliphatic heterocycles. The molecule has 0 atom stereocenters. The number of hydrazine groups is 1. The van der Waals surface area contributed by atoms with Crippen LogP contribution < -0.4 is 21.3 Å². The van der Waals surface area contributed by atoms with Gasteiger partial charge < -0.3 is 5.32 Å². The molecule has 132 valence electrons. The molecule has 0 saturated carbocycles. The van der Waals surface area contributed by atoms with Crippen molar-refractivity contribution in [2.75, 3.05) is 17.4 Å². The molecule has 0 aliphatic carbocycles. The Hall–Kier alpha value is -3.19. The highest BCUT2D eigenvalue weighted by Crippen LogP contribution is 2.10. The molecule has 26 heavy (non-hydrogen) atoms. The molecule has 1 heterocycles. The smallest absolute Gasteiger partial charge is 0.273 e. The lowest BCUT2D eigenvalue weighted by molar-refractivity contribution is 0.789. The summed E-state index contributed by atoms with van der Waals surface area (Å²) in [5.41, 5.74) is 6.18. The Balaban J connectivity index is 1.69. The maximum Gasteiger partial charge on any atom is 0.273 e. The molecule has 2 N–H and O–H groups in total. The second-order valence-corrected chi connectivity index (χ2v) is 6.20. The largest absolute Gasteiger partial charge is 0.331 e. The lowest BCUT2D eigenvalue weighted by atomic mass is 10.2. The topological polar surface area (TPSA) is 62.2 Å². The summed E-state index contributed by atoms with van der Waals surface area (Å²) in [5, 5.41) is 9.39. The summed E-state index contributed by atoms with van der Waals surface area (Å²) < 4.78 is 1.35. The van der Waals surface area contributed by atoms with E-state index in [2.05, 4.69) is 15.8 Å². The van der Waals surface area contributed by atoms with Gasteiger partial charge in [-0.05, 0) is 43.4 Å². The number of nitrogens with zero attached hydrogens (tertiary/aromatic N) is 3. The molecular formula is C19H19N5OS. The summed E-state index contributed by atoms with van der Waals surface area (Å²) >= 11 is 5.31. The molecule has 7 heteroatoms. The van der Waals surface area contributed by atoms with Gasteiger partial charge in [0.1, 0.15) is 0 Å². The molecule has 0 unspecified atom stereocenters. The van der Waals surface area contributed by atoms with Crippen LogP contribution in [0, 0.1) is 6.92 Å². The minimum atomic E-state index is -0.222. The van der Waals surface area contributed by atoms with Gasteiger partial charge in [0.2, 0.25) is 0 Å². The van der Waals surface area contributed by atoms with Gasteiger partial charge in [0, 0.05) is 18.8 Å². The average molecular weight is 365 g/mol. The van der Waals surface area contributed by atoms with Gasteiger partial charge in [-0.25, -0.2) is 0 Å². The molecule has 0 saturated heterocycles. The van der Waals surface area contributed by atoms with Crippen LogP contribution in [0.3, 0.4) is 0 Å². The highest BCUT2D eigenvalue weighted by atomic mass is 32.1. The number of hydrogen-bond acceptors (Lipinski definition) is 4. The van der Waals surface area contributed by atoms with E-state index < -0.39 is 0 Å². The fourth-order valence-corrected chi connectivity index (χ4v) is 2.61. The number of hydrogen-bond donors (Lipinski definition) is 2. The van der Waals surface area contributed by atoms with Crippen molar-refractivity contribution in [1.29, 1.82) is 0 Å². The third-order valence-electron chi connectivity index (χ3n) is 3.75. The van der Waals surface area contributed by atoms with Crippen LogP contribution in [0.4, 0.5) is 11.4 Å². The first-order chi connectivity index (χ1) is 12.5. The van der Waals surface area contributed by atoms with Crippen LogP contribution in [0.1, 0.15) is 5.56 Å². The Morgan fingerprint density at radius 2 is 1.81 bits per heavy atom. The predicted octanol–water partition coefficient (Wildman–Crippen LogP) is 2.88. The maximum absolute atomic E-state index is 12.4. The predicted molar refractivity (Wildman–Crippen MR) is 109 cm³/mol. The number of thiocarbonyl (C=S) groups is 1. The summed E-state index contributed by atoms with van der Waals surface area (Å²) in [6, 6.07) is 18.7. The first kappa shape index (κ1) is 17.6. The first-order valence-electron chi connectivity index (χ1n) is 8.06. The molecule has 0 amide bonds. The van der Waals surface area contributed by atoms with E-state index in [4.69, 9.17) is 12.2 Å². The molecule has 2 aromatic carbocycles. The third kappa shape index (κ3) is 4.25. The summed E-state index contributed by atoms with van der Waals surface area (Å²) in [7, 11) is 1.77. The summed E-state index contributed by atoms with van der Waals surface area (Å²) in [6.07, 6.45) is 1.61. The quantitative estimate of drug-likeness (QED) is 0.548. The van der Waals surface area contributed by atoms with Gasteiger partial charge in [-0.1, -0.05) is 35.9 Å². The second-order valence-electron chi connectivity index (χ2n) is 5.79. The van der Waals surface area contributed by atoms with Gasteiger partial charge in [-0.3, -0.25) is 15.2 Å². The minimum absolute atomic E-state index is 0.222. The van der Waals surface area contributed by atoms with Crippen LogP contribution in [0.2, 0.25) is 0 Å². The number of aromatic nitrogens is 2. The van der Waals surface area contributed by atoms with Crippen LogP contribution in [0.5, 0.6) is 0 Å². The van der Waals surface area contributed by atoms with Crippen molar-refractivity contribution in [1.82, 2.24) is 15.2 Å². The number of benzene rings is 2. The molecule has 0 bridgehead atoms. The lowest BCUT2D eigenvalue weighted by Gasteiger charge is -2.22. The average Bonchev–Trinajstić information content (AvgIpc) is 2.64. The van der Waals surface area contributed by atoms with Gasteiger partial charge in [0.25, 0.3) is 5.56 Å². The lowest BCUT2D eigenvalue weighted by Crippen LogP contribution is -2.42. The fourth-order valence-electron chi connectivity index (χ4n) is 2.36. The van der Waals surface area contributed by atoms with E-state index in [-0.39, 0.29) is 5.56 Å². The summed E-state index contributed by atoms with van der Waals surface area (Å²) in [4.78, 5) is 12.4. The van der Waals surface area contributed by atoms with Crippen molar-refractivity contribution in [3.8, 4) is 5.69 Å². The van der Waals surface area contributed by atoms with Gasteiger partial charge in [0.15, 0.2) is 5.11 Å². The SMILES string of the molecule is Cc1ccc(NC(=S)NN(C)c2cnn(-c3ccccc3)c(=O)c2)cc1. The number of aryl methyl sites for hydroxylation is 1. The van der Waals surface area contributed by atoms with Crippen molar-refractivity contribution in [3.63, 3.8) is 0 Å². The van der Waals surface area contributed by atoms with Crippen LogP contribution in [-0.4, -0.2) is 21.9 Å². The third-order valence-corrected chi connectivity index (χ3v) is 3.95.